The Labute approximate surface area is 427 Å². The fourth-order valence-electron chi connectivity index (χ4n) is 9.70. The monoisotopic (exact) mass is 1010 g/mol. The van der Waals surface area contributed by atoms with E-state index in [-0.39, 0.29) is 43.0 Å². The van der Waals surface area contributed by atoms with Crippen LogP contribution in [0.15, 0.2) is 71.8 Å². The van der Waals surface area contributed by atoms with Crippen molar-refractivity contribution < 1.29 is 72.9 Å². The summed E-state index contributed by atoms with van der Waals surface area (Å²) in [7, 11) is 1.42. The fraction of sp³-hybridized carbons (Fsp3) is 0.607. The molecule has 1 unspecified atom stereocenters. The van der Waals surface area contributed by atoms with Crippen LogP contribution >= 0.6 is 0 Å². The summed E-state index contributed by atoms with van der Waals surface area (Å²) in [5.74, 6) is -4.45. The van der Waals surface area contributed by atoms with Crippen LogP contribution < -0.4 is 5.32 Å². The number of carbonyl (C=O) groups excluding carboxylic acids is 5. The Bertz CT molecular complexity index is 2110. The van der Waals surface area contributed by atoms with Crippen molar-refractivity contribution >= 4 is 35.8 Å². The van der Waals surface area contributed by atoms with Crippen molar-refractivity contribution in [2.24, 2.45) is 22.7 Å². The Hall–Kier alpha value is -5.60. The number of aliphatic hydroxyl groups excluding tert-OH is 2. The maximum Gasteiger partial charge on any atom is 0.408 e. The summed E-state index contributed by atoms with van der Waals surface area (Å²) >= 11 is 0. The number of fused-ring (bicyclic) bond motifs is 5. The van der Waals surface area contributed by atoms with Crippen molar-refractivity contribution in [2.75, 3.05) is 13.7 Å². The van der Waals surface area contributed by atoms with E-state index in [0.717, 1.165) is 26.2 Å². The predicted molar refractivity (Wildman–Crippen MR) is 273 cm³/mol. The van der Waals surface area contributed by atoms with Gasteiger partial charge in [0, 0.05) is 43.4 Å². The largest absolute Gasteiger partial charge is 0.481 e. The topological polar surface area (TPSA) is 242 Å². The number of terminal acetylenes is 1. The lowest BCUT2D eigenvalue weighted by atomic mass is 9.46. The van der Waals surface area contributed by atoms with Crippen LogP contribution in [0.1, 0.15) is 157 Å². The molecule has 4 aliphatic rings. The lowest BCUT2D eigenvalue weighted by Crippen LogP contribution is -2.75. The highest BCUT2D eigenvalue weighted by molar-refractivity contribution is 5.94. The Morgan fingerprint density at radius 1 is 0.889 bits per heavy atom. The lowest BCUT2D eigenvalue weighted by Gasteiger charge is -2.64. The first-order valence-electron chi connectivity index (χ1n) is 24.9. The molecule has 2 aromatic rings. The highest BCUT2D eigenvalue weighted by atomic mass is 16.6. The molecule has 5 N–H and O–H groups in total. The number of rotatable bonds is 11. The van der Waals surface area contributed by atoms with Gasteiger partial charge in [-0.25, -0.2) is 9.59 Å². The Kier molecular flexibility index (Phi) is 26.1. The zero-order chi connectivity index (χ0) is 55.4. The van der Waals surface area contributed by atoms with Gasteiger partial charge in [-0.05, 0) is 69.9 Å². The molecule has 0 spiro atoms. The quantitative estimate of drug-likeness (QED) is 0.0465. The summed E-state index contributed by atoms with van der Waals surface area (Å²) in [6.07, 6.45) is 4.55. The summed E-state index contributed by atoms with van der Waals surface area (Å²) in [6, 6.07) is 16.3. The fourth-order valence-corrected chi connectivity index (χ4v) is 9.70. The number of methoxy groups -OCH3 is 1. The number of nitrogens with one attached hydrogen (secondary N) is 1. The number of aliphatic carboxylic acids is 1. The van der Waals surface area contributed by atoms with Crippen LogP contribution in [-0.2, 0) is 42.9 Å². The highest BCUT2D eigenvalue weighted by Gasteiger charge is 2.72. The first-order valence-corrected chi connectivity index (χ1v) is 24.9. The smallest absolute Gasteiger partial charge is 0.408 e. The average molecular weight is 1010 g/mol. The summed E-state index contributed by atoms with van der Waals surface area (Å²) in [5.41, 5.74) is -4.53. The number of benzene rings is 2. The normalized spacial score (nSPS) is 26.6. The minimum Gasteiger partial charge on any atom is -0.481 e. The number of alkyl carbamates (subject to hydrolysis) is 1. The second-order valence-electron chi connectivity index (χ2n) is 19.2. The third-order valence-electron chi connectivity index (χ3n) is 13.3. The molecule has 3 fully saturated rings. The molecule has 16 heteroatoms. The van der Waals surface area contributed by atoms with Crippen LogP contribution in [0.25, 0.3) is 0 Å². The molecule has 1 amide bonds. The Morgan fingerprint density at radius 2 is 1.43 bits per heavy atom. The molecule has 10 atom stereocenters. The van der Waals surface area contributed by atoms with E-state index in [1.165, 1.54) is 7.11 Å². The molecule has 72 heavy (non-hydrogen) atoms. The van der Waals surface area contributed by atoms with Crippen molar-refractivity contribution in [3.63, 3.8) is 0 Å². The highest BCUT2D eigenvalue weighted by Crippen LogP contribution is 2.62. The molecular weight excluding hydrogens is 927 g/mol. The average Bonchev–Trinajstić information content (AvgIpc) is 3.33. The molecule has 16 nitrogen and oxygen atoms in total. The summed E-state index contributed by atoms with van der Waals surface area (Å²) in [4.78, 5) is 74.7. The number of carboxylic acids is 1. The summed E-state index contributed by atoms with van der Waals surface area (Å²) in [6.45, 7) is 23.1. The molecule has 1 aliphatic heterocycles. The van der Waals surface area contributed by atoms with Crippen LogP contribution in [0.4, 0.5) is 4.79 Å². The van der Waals surface area contributed by atoms with Gasteiger partial charge in [-0.15, -0.1) is 12.8 Å². The number of carbonyl (C=O) groups is 6. The minimum absolute atomic E-state index is 0.0940. The van der Waals surface area contributed by atoms with E-state index < -0.39 is 100 Å². The van der Waals surface area contributed by atoms with Crippen LogP contribution in [0, 0.1) is 35.5 Å². The van der Waals surface area contributed by atoms with E-state index in [4.69, 9.17) is 28.8 Å². The number of amides is 1. The van der Waals surface area contributed by atoms with Crippen LogP contribution in [0.5, 0.6) is 0 Å². The number of hydrogen-bond acceptors (Lipinski definition) is 14. The molecule has 2 bridgehead atoms. The molecule has 3 aliphatic carbocycles. The summed E-state index contributed by atoms with van der Waals surface area (Å²) in [5, 5.41) is 47.0. The van der Waals surface area contributed by atoms with Crippen LogP contribution in [0.2, 0.25) is 0 Å². The van der Waals surface area contributed by atoms with Gasteiger partial charge in [-0.1, -0.05) is 110 Å². The van der Waals surface area contributed by atoms with Crippen molar-refractivity contribution in [3.05, 3.63) is 82.9 Å². The summed E-state index contributed by atoms with van der Waals surface area (Å²) < 4.78 is 28.2. The molecule has 6 rings (SSSR count). The SMILES string of the molecule is C#C.CC.CC.CC(=O)O.CC1=C2[C@@H](O)C(=O)[C@@]3(C)C([C@@H]4CO[C@@H]4C[C@@H]3O)[C@H](OC(=O)c3ccccc3)[C@](O)(C[C@@H]1OC(=O)C[C@@H](NC(=O)OC(C)(C)C)c1ccccc1)C2(C)C.CCCCCC(=O)OC. The van der Waals surface area contributed by atoms with Crippen molar-refractivity contribution in [1.82, 2.24) is 5.32 Å². The maximum absolute atomic E-state index is 14.6. The second-order valence-corrected chi connectivity index (χ2v) is 19.2. The van der Waals surface area contributed by atoms with Crippen molar-refractivity contribution in [1.29, 1.82) is 0 Å². The van der Waals surface area contributed by atoms with Gasteiger partial charge in [0.05, 0.1) is 49.4 Å². The first kappa shape index (κ1) is 64.4. The standard InChI is InChI=1S/C41H51NO11.C7H14O2.C2H4O2.2C2H6.C2H2/c1-22-28(51-30(44)18-26(23-14-10-8-11-15-23)42-37(48)53-38(2,3)4)20-41(49)35(52-36(47)24-16-12-9-13-17-24)32-25-21-50-27(25)19-29(43)40(32,7)34(46)33(45)31(22)39(41,5)6;1-3-4-5-6-7(8)9-2;1-2(3)4;3*1-2/h8-17,25-29,32-33,35,43,45,49H,18-21H2,1-7H3,(H,42,48);3-6H2,1-2H3;1H3,(H,3,4);2*1-2H3;1-2H/t25-,26-,27-,28+,29+,32?,33-,35+,40-,41-;;;;;/m1...../s1. The minimum atomic E-state index is -2.03. The molecule has 402 valence electrons. The third-order valence-corrected chi connectivity index (χ3v) is 13.3. The Balaban J connectivity index is 0.00000118. The predicted octanol–water partition coefficient (Wildman–Crippen LogP) is 8.74. The number of Topliss-reactive ketones (excluding diaryl/α,β-unsaturated/α-hetero) is 1. The van der Waals surface area contributed by atoms with Gasteiger partial charge in [-0.3, -0.25) is 19.2 Å². The molecule has 0 radical (unpaired) electrons. The van der Waals surface area contributed by atoms with Gasteiger partial charge in [0.1, 0.15) is 29.5 Å². The van der Waals surface area contributed by atoms with E-state index in [0.29, 0.717) is 17.6 Å². The van der Waals surface area contributed by atoms with Crippen LogP contribution in [-0.4, -0.2) is 112 Å². The molecule has 2 aromatic carbocycles. The number of aliphatic hydroxyl groups is 3. The number of unbranched alkanes of at least 4 members (excludes halogenated alkanes) is 2. The van der Waals surface area contributed by atoms with E-state index in [2.05, 4.69) is 29.8 Å². The zero-order valence-electron chi connectivity index (χ0n) is 45.0. The van der Waals surface area contributed by atoms with Crippen molar-refractivity contribution in [3.8, 4) is 12.8 Å². The maximum atomic E-state index is 14.6. The van der Waals surface area contributed by atoms with E-state index in [1.54, 1.807) is 109 Å². The van der Waals surface area contributed by atoms with Crippen LogP contribution in [0.3, 0.4) is 0 Å². The second kappa shape index (κ2) is 29.2. The molecular formula is C56H83NO15. The third kappa shape index (κ3) is 15.9. The first-order chi connectivity index (χ1) is 33.8. The van der Waals surface area contributed by atoms with E-state index in [1.807, 2.05) is 27.7 Å². The number of hydrogen-bond donors (Lipinski definition) is 5. The molecule has 0 aromatic heterocycles. The number of esters is 3. The number of ketones is 1. The van der Waals surface area contributed by atoms with E-state index in [9.17, 15) is 39.3 Å². The number of carboxylic acid groups (broad SMARTS) is 1. The van der Waals surface area contributed by atoms with Gasteiger partial charge in [0.25, 0.3) is 5.97 Å². The van der Waals surface area contributed by atoms with Gasteiger partial charge in [-0.2, -0.15) is 0 Å². The van der Waals surface area contributed by atoms with Gasteiger partial charge in [0.15, 0.2) is 5.78 Å². The van der Waals surface area contributed by atoms with E-state index >= 15 is 0 Å². The van der Waals surface area contributed by atoms with Crippen molar-refractivity contribution in [2.45, 2.75) is 183 Å². The lowest BCUT2D eigenvalue weighted by molar-refractivity contribution is -0.277. The Morgan fingerprint density at radius 3 is 1.92 bits per heavy atom. The van der Waals surface area contributed by atoms with Gasteiger partial charge in [0.2, 0.25) is 0 Å². The van der Waals surface area contributed by atoms with Gasteiger partial charge >= 0.3 is 24.0 Å². The van der Waals surface area contributed by atoms with Gasteiger partial charge < -0.3 is 49.4 Å². The molecule has 1 heterocycles. The molecule has 1 saturated heterocycles. The zero-order valence-corrected chi connectivity index (χ0v) is 45.0. The molecule has 2 saturated carbocycles. The number of ether oxygens (including phenoxy) is 5.